The van der Waals surface area contributed by atoms with Gasteiger partial charge in [0.15, 0.2) is 6.61 Å². The first-order valence-electron chi connectivity index (χ1n) is 10.4. The molecule has 0 saturated carbocycles. The summed E-state index contributed by atoms with van der Waals surface area (Å²) in [4.78, 5) is 30.9. The molecule has 3 heterocycles. The lowest BCUT2D eigenvalue weighted by Gasteiger charge is -2.36. The van der Waals surface area contributed by atoms with Crippen molar-refractivity contribution in [2.24, 2.45) is 0 Å². The van der Waals surface area contributed by atoms with Crippen LogP contribution in [-0.2, 0) is 16.1 Å². The van der Waals surface area contributed by atoms with Gasteiger partial charge in [0.25, 0.3) is 5.91 Å². The third-order valence-corrected chi connectivity index (χ3v) is 5.73. The minimum absolute atomic E-state index is 0.0524. The molecule has 1 aromatic carbocycles. The van der Waals surface area contributed by atoms with E-state index >= 15 is 0 Å². The minimum Gasteiger partial charge on any atom is -0.477 e. The van der Waals surface area contributed by atoms with E-state index in [0.717, 1.165) is 18.8 Å². The van der Waals surface area contributed by atoms with Crippen LogP contribution < -0.4 is 15.1 Å². The molecule has 2 fully saturated rings. The van der Waals surface area contributed by atoms with Crippen molar-refractivity contribution in [2.45, 2.75) is 6.54 Å². The zero-order chi connectivity index (χ0) is 21.6. The van der Waals surface area contributed by atoms with Gasteiger partial charge in [-0.1, -0.05) is 17.7 Å². The van der Waals surface area contributed by atoms with Gasteiger partial charge < -0.3 is 23.7 Å². The topological polar surface area (TPSA) is 75.5 Å². The summed E-state index contributed by atoms with van der Waals surface area (Å²) >= 11 is 6.07. The fourth-order valence-corrected chi connectivity index (χ4v) is 3.91. The second-order valence-corrected chi connectivity index (χ2v) is 8.04. The highest BCUT2D eigenvalue weighted by Crippen LogP contribution is 2.21. The van der Waals surface area contributed by atoms with Crippen LogP contribution in [0, 0.1) is 0 Å². The summed E-state index contributed by atoms with van der Waals surface area (Å²) in [5.41, 5.74) is 0.763. The van der Waals surface area contributed by atoms with E-state index in [1.54, 1.807) is 4.90 Å². The van der Waals surface area contributed by atoms with Gasteiger partial charge in [-0.2, -0.15) is 0 Å². The van der Waals surface area contributed by atoms with Crippen molar-refractivity contribution in [2.75, 3.05) is 64.0 Å². The van der Waals surface area contributed by atoms with Gasteiger partial charge in [0.05, 0.1) is 19.8 Å². The highest BCUT2D eigenvalue weighted by molar-refractivity contribution is 6.30. The number of ether oxygens (including phenoxy) is 2. The Morgan fingerprint density at radius 1 is 1.06 bits per heavy atom. The van der Waals surface area contributed by atoms with Crippen molar-refractivity contribution < 1.29 is 18.7 Å². The Labute approximate surface area is 185 Å². The van der Waals surface area contributed by atoms with E-state index in [1.165, 1.54) is 12.3 Å². The number of halogens is 1. The van der Waals surface area contributed by atoms with Crippen LogP contribution in [0.3, 0.4) is 0 Å². The SMILES string of the molecule is O=C(COc1coc(CN2CCOCC2)cc1=O)N1CCN(c2cccc(Cl)c2)CC1. The number of morpholine rings is 1. The first kappa shape index (κ1) is 21.7. The van der Waals surface area contributed by atoms with E-state index in [0.29, 0.717) is 56.7 Å². The number of carbonyl (C=O) groups is 1. The smallest absolute Gasteiger partial charge is 0.260 e. The average Bonchev–Trinajstić information content (AvgIpc) is 2.79. The first-order valence-corrected chi connectivity index (χ1v) is 10.8. The fraction of sp³-hybridized carbons (Fsp3) is 0.455. The third kappa shape index (κ3) is 5.78. The van der Waals surface area contributed by atoms with Gasteiger partial charge in [0.2, 0.25) is 11.2 Å². The lowest BCUT2D eigenvalue weighted by Crippen LogP contribution is -2.50. The van der Waals surface area contributed by atoms with Crippen LogP contribution in [0.15, 0.2) is 45.8 Å². The molecule has 31 heavy (non-hydrogen) atoms. The summed E-state index contributed by atoms with van der Waals surface area (Å²) in [7, 11) is 0. The number of benzene rings is 1. The van der Waals surface area contributed by atoms with Gasteiger partial charge >= 0.3 is 0 Å². The highest BCUT2D eigenvalue weighted by atomic mass is 35.5. The Hall–Kier alpha value is -2.55. The Bertz CT molecular complexity index is 952. The lowest BCUT2D eigenvalue weighted by atomic mass is 10.2. The number of amides is 1. The molecule has 0 unspecified atom stereocenters. The quantitative estimate of drug-likeness (QED) is 0.669. The van der Waals surface area contributed by atoms with Gasteiger partial charge in [-0.15, -0.1) is 0 Å². The standard InChI is InChI=1S/C22H26ClN3O5/c23-17-2-1-3-18(12-17)25-4-6-26(7-5-25)22(28)16-31-21-15-30-19(13-20(21)27)14-24-8-10-29-11-9-24/h1-3,12-13,15H,4-11,14,16H2. The maximum atomic E-state index is 12.5. The maximum absolute atomic E-state index is 12.5. The zero-order valence-electron chi connectivity index (χ0n) is 17.3. The average molecular weight is 448 g/mol. The number of hydrogen-bond acceptors (Lipinski definition) is 7. The van der Waals surface area contributed by atoms with Crippen molar-refractivity contribution >= 4 is 23.2 Å². The van der Waals surface area contributed by atoms with Crippen LogP contribution in [-0.4, -0.2) is 74.8 Å². The molecule has 0 aliphatic carbocycles. The molecule has 1 aromatic heterocycles. The summed E-state index contributed by atoms with van der Waals surface area (Å²) in [6, 6.07) is 9.12. The molecular weight excluding hydrogens is 422 g/mol. The predicted octanol–water partition coefficient (Wildman–Crippen LogP) is 1.85. The molecule has 2 saturated heterocycles. The predicted molar refractivity (Wildman–Crippen MR) is 117 cm³/mol. The van der Waals surface area contributed by atoms with E-state index in [1.807, 2.05) is 24.3 Å². The minimum atomic E-state index is -0.284. The molecule has 0 spiro atoms. The van der Waals surface area contributed by atoms with Crippen LogP contribution in [0.4, 0.5) is 5.69 Å². The molecule has 0 atom stereocenters. The van der Waals surface area contributed by atoms with Crippen molar-refractivity contribution in [3.05, 3.63) is 57.6 Å². The summed E-state index contributed by atoms with van der Waals surface area (Å²) in [5, 5.41) is 0.694. The first-order chi connectivity index (χ1) is 15.1. The molecular formula is C22H26ClN3O5. The number of rotatable bonds is 6. The van der Waals surface area contributed by atoms with Crippen molar-refractivity contribution in [1.82, 2.24) is 9.80 Å². The van der Waals surface area contributed by atoms with Gasteiger partial charge in [0.1, 0.15) is 12.0 Å². The third-order valence-electron chi connectivity index (χ3n) is 5.49. The summed E-state index contributed by atoms with van der Waals surface area (Å²) in [6.45, 7) is 5.93. The van der Waals surface area contributed by atoms with E-state index in [9.17, 15) is 9.59 Å². The van der Waals surface area contributed by atoms with Crippen molar-refractivity contribution in [1.29, 1.82) is 0 Å². The Morgan fingerprint density at radius 2 is 1.84 bits per heavy atom. The largest absolute Gasteiger partial charge is 0.477 e. The van der Waals surface area contributed by atoms with Gasteiger partial charge in [-0.25, -0.2) is 0 Å². The number of piperazine rings is 1. The monoisotopic (exact) mass is 447 g/mol. The molecule has 9 heteroatoms. The molecule has 2 aromatic rings. The molecule has 2 aliphatic rings. The number of hydrogen-bond donors (Lipinski definition) is 0. The Balaban J connectivity index is 1.25. The van der Waals surface area contributed by atoms with Crippen LogP contribution in [0.2, 0.25) is 5.02 Å². The zero-order valence-corrected chi connectivity index (χ0v) is 18.1. The summed E-state index contributed by atoms with van der Waals surface area (Å²) < 4.78 is 16.3. The normalized spacial score (nSPS) is 17.6. The van der Waals surface area contributed by atoms with E-state index in [2.05, 4.69) is 9.80 Å². The Kier molecular flexibility index (Phi) is 7.11. The molecule has 0 N–H and O–H groups in total. The van der Waals surface area contributed by atoms with E-state index in [4.69, 9.17) is 25.5 Å². The summed E-state index contributed by atoms with van der Waals surface area (Å²) in [5.74, 6) is 0.474. The van der Waals surface area contributed by atoms with Crippen LogP contribution in [0.5, 0.6) is 5.75 Å². The van der Waals surface area contributed by atoms with Crippen LogP contribution in [0.1, 0.15) is 5.76 Å². The second-order valence-electron chi connectivity index (χ2n) is 7.60. The maximum Gasteiger partial charge on any atom is 0.260 e. The van der Waals surface area contributed by atoms with E-state index < -0.39 is 0 Å². The summed E-state index contributed by atoms with van der Waals surface area (Å²) in [6.07, 6.45) is 1.29. The Morgan fingerprint density at radius 3 is 2.55 bits per heavy atom. The molecule has 1 amide bonds. The highest BCUT2D eigenvalue weighted by Gasteiger charge is 2.22. The van der Waals surface area contributed by atoms with Crippen LogP contribution in [0.25, 0.3) is 0 Å². The molecule has 4 rings (SSSR count). The van der Waals surface area contributed by atoms with Crippen molar-refractivity contribution in [3.8, 4) is 5.75 Å². The molecule has 8 nitrogen and oxygen atoms in total. The molecule has 0 radical (unpaired) electrons. The van der Waals surface area contributed by atoms with Gasteiger partial charge in [-0.05, 0) is 18.2 Å². The number of carbonyl (C=O) groups excluding carboxylic acids is 1. The number of nitrogens with zero attached hydrogens (tertiary/aromatic N) is 3. The lowest BCUT2D eigenvalue weighted by molar-refractivity contribution is -0.133. The fourth-order valence-electron chi connectivity index (χ4n) is 3.72. The van der Waals surface area contributed by atoms with Crippen LogP contribution >= 0.6 is 11.6 Å². The van der Waals surface area contributed by atoms with Crippen molar-refractivity contribution in [3.63, 3.8) is 0 Å². The second kappa shape index (κ2) is 10.2. The number of anilines is 1. The van der Waals surface area contributed by atoms with Gasteiger partial charge in [-0.3, -0.25) is 14.5 Å². The van der Waals surface area contributed by atoms with E-state index in [-0.39, 0.29) is 23.7 Å². The molecule has 2 aliphatic heterocycles. The van der Waals surface area contributed by atoms with Gasteiger partial charge in [0, 0.05) is 56.0 Å². The molecule has 166 valence electrons. The molecule has 0 bridgehead atoms.